The van der Waals surface area contributed by atoms with E-state index in [9.17, 15) is 14.0 Å². The van der Waals surface area contributed by atoms with E-state index in [4.69, 9.17) is 0 Å². The van der Waals surface area contributed by atoms with Gasteiger partial charge in [-0.25, -0.2) is 9.18 Å². The summed E-state index contributed by atoms with van der Waals surface area (Å²) in [6, 6.07) is 23.1. The second-order valence-corrected chi connectivity index (χ2v) is 6.77. The number of hydrogen-bond donors (Lipinski definition) is 1. The maximum atomic E-state index is 14.0. The Morgan fingerprint density at radius 1 is 0.897 bits per heavy atom. The summed E-state index contributed by atoms with van der Waals surface area (Å²) < 4.78 is 14.0. The molecule has 4 rings (SSSR count). The Balaban J connectivity index is 1.45. The van der Waals surface area contributed by atoms with E-state index < -0.39 is 5.82 Å². The van der Waals surface area contributed by atoms with Crippen molar-refractivity contribution in [3.05, 3.63) is 84.7 Å². The normalized spacial score (nSPS) is 13.6. The van der Waals surface area contributed by atoms with Gasteiger partial charge in [0.25, 0.3) is 0 Å². The van der Waals surface area contributed by atoms with Crippen molar-refractivity contribution >= 4 is 23.3 Å². The van der Waals surface area contributed by atoms with Gasteiger partial charge in [-0.05, 0) is 23.8 Å². The number of amides is 3. The lowest BCUT2D eigenvalue weighted by Crippen LogP contribution is -2.37. The molecule has 0 unspecified atom stereocenters. The first-order chi connectivity index (χ1) is 14.1. The van der Waals surface area contributed by atoms with Crippen LogP contribution in [0, 0.1) is 5.82 Å². The molecule has 1 aliphatic rings. The molecule has 0 aromatic heterocycles. The van der Waals surface area contributed by atoms with Crippen molar-refractivity contribution in [1.29, 1.82) is 0 Å². The molecule has 1 N–H and O–H groups in total. The Morgan fingerprint density at radius 3 is 2.38 bits per heavy atom. The van der Waals surface area contributed by atoms with Crippen LogP contribution in [0.3, 0.4) is 0 Å². The first-order valence-corrected chi connectivity index (χ1v) is 9.39. The topological polar surface area (TPSA) is 52.7 Å². The number of nitrogens with one attached hydrogen (secondary N) is 1. The fourth-order valence-corrected chi connectivity index (χ4v) is 3.45. The number of urea groups is 1. The molecule has 3 aromatic rings. The molecule has 0 aliphatic carbocycles. The molecule has 0 spiro atoms. The third-order valence-electron chi connectivity index (χ3n) is 4.86. The standard InChI is InChI=1S/C23H20FN3O2/c24-19-11-5-7-13-21(19)27-15-14-26(23(27)29)16-22(28)25-20-12-6-4-10-18(20)17-8-2-1-3-9-17/h1-13H,14-16H2,(H,25,28). The number of anilines is 2. The third-order valence-corrected chi connectivity index (χ3v) is 4.86. The molecule has 6 heteroatoms. The van der Waals surface area contributed by atoms with Crippen LogP contribution in [0.25, 0.3) is 11.1 Å². The third kappa shape index (κ3) is 3.96. The molecule has 0 saturated carbocycles. The lowest BCUT2D eigenvalue weighted by Gasteiger charge is -2.19. The summed E-state index contributed by atoms with van der Waals surface area (Å²) in [4.78, 5) is 28.0. The van der Waals surface area contributed by atoms with Crippen LogP contribution in [0.5, 0.6) is 0 Å². The van der Waals surface area contributed by atoms with Crippen molar-refractivity contribution < 1.29 is 14.0 Å². The molecule has 1 heterocycles. The molecule has 1 saturated heterocycles. The molecule has 1 fully saturated rings. The van der Waals surface area contributed by atoms with Gasteiger partial charge in [0.1, 0.15) is 12.4 Å². The summed E-state index contributed by atoms with van der Waals surface area (Å²) in [5.74, 6) is -0.749. The van der Waals surface area contributed by atoms with Gasteiger partial charge >= 0.3 is 6.03 Å². The second kappa shape index (κ2) is 8.14. The Labute approximate surface area is 168 Å². The van der Waals surface area contributed by atoms with Crippen molar-refractivity contribution in [2.24, 2.45) is 0 Å². The van der Waals surface area contributed by atoms with Crippen LogP contribution < -0.4 is 10.2 Å². The van der Waals surface area contributed by atoms with Crippen LogP contribution in [-0.2, 0) is 4.79 Å². The molecule has 3 amide bonds. The average molecular weight is 389 g/mol. The molecular weight excluding hydrogens is 369 g/mol. The van der Waals surface area contributed by atoms with Gasteiger partial charge < -0.3 is 10.2 Å². The summed E-state index contributed by atoms with van der Waals surface area (Å²) in [6.45, 7) is 0.613. The molecule has 0 radical (unpaired) electrons. The molecule has 5 nitrogen and oxygen atoms in total. The molecule has 1 aliphatic heterocycles. The number of nitrogens with zero attached hydrogens (tertiary/aromatic N) is 2. The van der Waals surface area contributed by atoms with Gasteiger partial charge in [-0.3, -0.25) is 9.69 Å². The predicted octanol–water partition coefficient (Wildman–Crippen LogP) is 4.37. The number of carbonyl (C=O) groups excluding carboxylic acids is 2. The highest BCUT2D eigenvalue weighted by atomic mass is 19.1. The second-order valence-electron chi connectivity index (χ2n) is 6.77. The van der Waals surface area contributed by atoms with E-state index in [0.717, 1.165) is 11.1 Å². The maximum absolute atomic E-state index is 14.0. The smallest absolute Gasteiger partial charge is 0.324 e. The zero-order valence-electron chi connectivity index (χ0n) is 15.7. The highest BCUT2D eigenvalue weighted by Gasteiger charge is 2.32. The minimum Gasteiger partial charge on any atom is -0.324 e. The van der Waals surface area contributed by atoms with Crippen LogP contribution in [0.2, 0.25) is 0 Å². The Morgan fingerprint density at radius 2 is 1.59 bits per heavy atom. The van der Waals surface area contributed by atoms with Crippen LogP contribution in [0.1, 0.15) is 0 Å². The lowest BCUT2D eigenvalue weighted by molar-refractivity contribution is -0.116. The number of carbonyl (C=O) groups is 2. The quantitative estimate of drug-likeness (QED) is 0.704. The molecule has 3 aromatic carbocycles. The van der Waals surface area contributed by atoms with Crippen molar-refractivity contribution in [3.8, 4) is 11.1 Å². The van der Waals surface area contributed by atoms with E-state index in [1.54, 1.807) is 18.2 Å². The van der Waals surface area contributed by atoms with Crippen LogP contribution in [-0.4, -0.2) is 36.5 Å². The molecule has 0 atom stereocenters. The van der Waals surface area contributed by atoms with Crippen molar-refractivity contribution in [2.45, 2.75) is 0 Å². The van der Waals surface area contributed by atoms with Gasteiger partial charge in [0, 0.05) is 24.3 Å². The fourth-order valence-electron chi connectivity index (χ4n) is 3.45. The molecule has 29 heavy (non-hydrogen) atoms. The highest BCUT2D eigenvalue weighted by molar-refractivity contribution is 6.01. The zero-order chi connectivity index (χ0) is 20.2. The van der Waals surface area contributed by atoms with E-state index >= 15 is 0 Å². The van der Waals surface area contributed by atoms with Crippen LogP contribution in [0.15, 0.2) is 78.9 Å². The van der Waals surface area contributed by atoms with Crippen molar-refractivity contribution in [2.75, 3.05) is 29.9 Å². The molecule has 146 valence electrons. The number of rotatable bonds is 5. The van der Waals surface area contributed by atoms with Crippen LogP contribution >= 0.6 is 0 Å². The van der Waals surface area contributed by atoms with Gasteiger partial charge in [0.15, 0.2) is 0 Å². The summed E-state index contributed by atoms with van der Waals surface area (Å²) >= 11 is 0. The number of benzene rings is 3. The first kappa shape index (κ1) is 18.7. The zero-order valence-corrected chi connectivity index (χ0v) is 15.7. The first-order valence-electron chi connectivity index (χ1n) is 9.39. The molecular formula is C23H20FN3O2. The van der Waals surface area contributed by atoms with Gasteiger partial charge in [-0.2, -0.15) is 0 Å². The number of para-hydroxylation sites is 2. The summed E-state index contributed by atoms with van der Waals surface area (Å²) in [6.07, 6.45) is 0. The van der Waals surface area contributed by atoms with Gasteiger partial charge in [-0.1, -0.05) is 60.7 Å². The fraction of sp³-hybridized carbons (Fsp3) is 0.130. The Kier molecular flexibility index (Phi) is 5.24. The monoisotopic (exact) mass is 389 g/mol. The number of hydrogen-bond acceptors (Lipinski definition) is 2. The Hall–Kier alpha value is -3.67. The lowest BCUT2D eigenvalue weighted by atomic mass is 10.0. The van der Waals surface area contributed by atoms with E-state index in [2.05, 4.69) is 5.32 Å². The van der Waals surface area contributed by atoms with Gasteiger partial charge in [-0.15, -0.1) is 0 Å². The highest BCUT2D eigenvalue weighted by Crippen LogP contribution is 2.28. The molecule has 0 bridgehead atoms. The summed E-state index contributed by atoms with van der Waals surface area (Å²) in [5, 5.41) is 2.90. The predicted molar refractivity (Wildman–Crippen MR) is 111 cm³/mol. The summed E-state index contributed by atoms with van der Waals surface area (Å²) in [7, 11) is 0. The average Bonchev–Trinajstić information content (AvgIpc) is 3.09. The van der Waals surface area contributed by atoms with Crippen LogP contribution in [0.4, 0.5) is 20.6 Å². The van der Waals surface area contributed by atoms with Crippen molar-refractivity contribution in [1.82, 2.24) is 4.90 Å². The van der Waals surface area contributed by atoms with E-state index in [1.165, 1.54) is 15.9 Å². The summed E-state index contributed by atoms with van der Waals surface area (Å²) in [5.41, 5.74) is 2.81. The Bertz CT molecular complexity index is 1040. The van der Waals surface area contributed by atoms with Gasteiger partial charge in [0.05, 0.1) is 5.69 Å². The minimum absolute atomic E-state index is 0.0904. The number of halogens is 1. The van der Waals surface area contributed by atoms with E-state index in [0.29, 0.717) is 18.8 Å². The van der Waals surface area contributed by atoms with E-state index in [1.807, 2.05) is 54.6 Å². The van der Waals surface area contributed by atoms with E-state index in [-0.39, 0.29) is 24.2 Å². The largest absolute Gasteiger partial charge is 0.325 e. The minimum atomic E-state index is -0.455. The maximum Gasteiger partial charge on any atom is 0.325 e. The van der Waals surface area contributed by atoms with Gasteiger partial charge in [0.2, 0.25) is 5.91 Å². The SMILES string of the molecule is O=C(CN1CCN(c2ccccc2F)C1=O)Nc1ccccc1-c1ccccc1. The van der Waals surface area contributed by atoms with Crippen molar-refractivity contribution in [3.63, 3.8) is 0 Å².